The molecule has 0 aromatic rings. The summed E-state index contributed by atoms with van der Waals surface area (Å²) in [6.45, 7) is 0. The Morgan fingerprint density at radius 3 is 1.83 bits per heavy atom. The van der Waals surface area contributed by atoms with Gasteiger partial charge in [-0.05, 0) is 12.8 Å². The third-order valence-electron chi connectivity index (χ3n) is 2.38. The monoisotopic (exact) mass is 181 g/mol. The fourth-order valence-corrected chi connectivity index (χ4v) is 1.56. The van der Waals surface area contributed by atoms with E-state index in [-0.39, 0.29) is 12.8 Å². The smallest absolute Gasteiger partial charge is 0.168 e. The topological polar surface area (TPSA) is 29.4 Å². The summed E-state index contributed by atoms with van der Waals surface area (Å²) in [5.74, 6) is 0. The van der Waals surface area contributed by atoms with Crippen LogP contribution in [0.3, 0.4) is 0 Å². The fraction of sp³-hybridized carbons (Fsp3) is 1.00. The molecule has 1 rings (SSSR count). The summed E-state index contributed by atoms with van der Waals surface area (Å²) in [7, 11) is 0. The zero-order valence-electron chi connectivity index (χ0n) is 6.52. The molecule has 0 aromatic heterocycles. The van der Waals surface area contributed by atoms with E-state index >= 15 is 0 Å². The Labute approximate surface area is 68.1 Å². The molecule has 70 valence electrons. The molecule has 0 heterocycles. The highest BCUT2D eigenvalue weighted by Gasteiger charge is 2.56. The van der Waals surface area contributed by atoms with E-state index < -0.39 is 11.7 Å². The lowest BCUT2D eigenvalue weighted by molar-refractivity contribution is -0.193. The molecule has 0 amide bonds. The Morgan fingerprint density at radius 2 is 1.58 bits per heavy atom. The molecule has 1 fully saturated rings. The lowest BCUT2D eigenvalue weighted by atomic mass is 9.82. The maximum atomic E-state index is 12.3. The van der Waals surface area contributed by atoms with Crippen LogP contribution in [0.4, 0.5) is 13.2 Å². The van der Waals surface area contributed by atoms with Gasteiger partial charge in [0, 0.05) is 0 Å². The fourth-order valence-electron chi connectivity index (χ4n) is 1.56. The number of rotatable bonds is 1. The molecular weight excluding hydrogens is 171 g/mol. The van der Waals surface area contributed by atoms with Crippen molar-refractivity contribution >= 4 is 0 Å². The molecular formula is C7H10F3NO. The zero-order chi connectivity index (χ0) is 9.24. The number of alkyl halides is 3. The van der Waals surface area contributed by atoms with Crippen molar-refractivity contribution in [1.82, 2.24) is 0 Å². The average Bonchev–Trinajstić information content (AvgIpc) is 2.04. The van der Waals surface area contributed by atoms with Gasteiger partial charge >= 0.3 is 6.18 Å². The van der Waals surface area contributed by atoms with Crippen molar-refractivity contribution in [3.63, 3.8) is 0 Å². The molecule has 0 unspecified atom stereocenters. The van der Waals surface area contributed by atoms with Gasteiger partial charge in [-0.25, -0.2) is 0 Å². The molecule has 1 saturated carbocycles. The number of nitrogens with zero attached hydrogens (tertiary/aromatic N) is 1. The Morgan fingerprint density at radius 1 is 1.08 bits per heavy atom. The third-order valence-corrected chi connectivity index (χ3v) is 2.38. The number of hydrogen-bond donors (Lipinski definition) is 0. The van der Waals surface area contributed by atoms with Gasteiger partial charge in [0.25, 0.3) is 0 Å². The van der Waals surface area contributed by atoms with Crippen molar-refractivity contribution in [2.24, 2.45) is 5.18 Å². The van der Waals surface area contributed by atoms with Crippen LogP contribution in [0.1, 0.15) is 32.1 Å². The first kappa shape index (κ1) is 9.48. The van der Waals surface area contributed by atoms with Crippen molar-refractivity contribution in [1.29, 1.82) is 0 Å². The highest BCUT2D eigenvalue weighted by Crippen LogP contribution is 2.44. The van der Waals surface area contributed by atoms with Crippen LogP contribution in [-0.2, 0) is 0 Å². The van der Waals surface area contributed by atoms with Crippen molar-refractivity contribution in [2.45, 2.75) is 43.8 Å². The second-order valence-electron chi connectivity index (χ2n) is 3.18. The van der Waals surface area contributed by atoms with Crippen LogP contribution in [-0.4, -0.2) is 11.7 Å². The maximum Gasteiger partial charge on any atom is 0.417 e. The molecule has 0 atom stereocenters. The van der Waals surface area contributed by atoms with Crippen LogP contribution < -0.4 is 0 Å². The highest BCUT2D eigenvalue weighted by molar-refractivity contribution is 4.96. The van der Waals surface area contributed by atoms with E-state index in [0.29, 0.717) is 12.8 Å². The minimum Gasteiger partial charge on any atom is -0.168 e. The molecule has 0 aliphatic heterocycles. The van der Waals surface area contributed by atoms with Gasteiger partial charge in [0.15, 0.2) is 5.54 Å². The van der Waals surface area contributed by atoms with E-state index in [1.807, 2.05) is 0 Å². The first-order valence-electron chi connectivity index (χ1n) is 3.93. The number of hydrogen-bond acceptors (Lipinski definition) is 2. The van der Waals surface area contributed by atoms with Gasteiger partial charge in [0.05, 0.1) is 0 Å². The predicted molar refractivity (Wildman–Crippen MR) is 37.7 cm³/mol. The molecule has 0 radical (unpaired) electrons. The van der Waals surface area contributed by atoms with Crippen LogP contribution in [0.25, 0.3) is 0 Å². The maximum absolute atomic E-state index is 12.3. The van der Waals surface area contributed by atoms with Gasteiger partial charge in [-0.3, -0.25) is 0 Å². The first-order chi connectivity index (χ1) is 5.52. The summed E-state index contributed by atoms with van der Waals surface area (Å²) in [5, 5.41) is 2.28. The molecule has 1 aliphatic carbocycles. The summed E-state index contributed by atoms with van der Waals surface area (Å²) in [4.78, 5) is 10.2. The van der Waals surface area contributed by atoms with Crippen LogP contribution in [0, 0.1) is 4.91 Å². The van der Waals surface area contributed by atoms with E-state index in [4.69, 9.17) is 0 Å². The van der Waals surface area contributed by atoms with Gasteiger partial charge in [-0.1, -0.05) is 24.4 Å². The van der Waals surface area contributed by atoms with Gasteiger partial charge in [-0.15, -0.1) is 4.91 Å². The van der Waals surface area contributed by atoms with E-state index in [9.17, 15) is 18.1 Å². The second-order valence-corrected chi connectivity index (χ2v) is 3.18. The van der Waals surface area contributed by atoms with Crippen molar-refractivity contribution in [3.8, 4) is 0 Å². The van der Waals surface area contributed by atoms with Crippen LogP contribution in [0.15, 0.2) is 5.18 Å². The molecule has 0 N–H and O–H groups in total. The molecule has 2 nitrogen and oxygen atoms in total. The minimum atomic E-state index is -4.46. The summed E-state index contributed by atoms with van der Waals surface area (Å²) >= 11 is 0. The summed E-state index contributed by atoms with van der Waals surface area (Å²) in [5.41, 5.74) is -2.27. The molecule has 5 heteroatoms. The summed E-state index contributed by atoms with van der Waals surface area (Å²) in [6.07, 6.45) is -3.07. The van der Waals surface area contributed by atoms with E-state index in [2.05, 4.69) is 5.18 Å². The zero-order valence-corrected chi connectivity index (χ0v) is 6.52. The Hall–Kier alpha value is -0.610. The Kier molecular flexibility index (Phi) is 2.39. The van der Waals surface area contributed by atoms with Crippen LogP contribution in [0.5, 0.6) is 0 Å². The number of halogens is 3. The van der Waals surface area contributed by atoms with E-state index in [1.165, 1.54) is 0 Å². The lowest BCUT2D eigenvalue weighted by Crippen LogP contribution is -2.44. The lowest BCUT2D eigenvalue weighted by Gasteiger charge is -2.31. The molecule has 1 aliphatic rings. The van der Waals surface area contributed by atoms with Crippen molar-refractivity contribution in [3.05, 3.63) is 4.91 Å². The van der Waals surface area contributed by atoms with Crippen LogP contribution in [0.2, 0.25) is 0 Å². The molecule has 0 bridgehead atoms. The van der Waals surface area contributed by atoms with Gasteiger partial charge in [-0.2, -0.15) is 13.2 Å². The standard InChI is InChI=1S/C7H10F3NO/c8-7(9,10)6(11-12)4-2-1-3-5-6/h1-5H2. The van der Waals surface area contributed by atoms with E-state index in [0.717, 1.165) is 6.42 Å². The van der Waals surface area contributed by atoms with Gasteiger partial charge in [0.1, 0.15) is 0 Å². The normalized spacial score (nSPS) is 23.6. The van der Waals surface area contributed by atoms with Gasteiger partial charge in [0.2, 0.25) is 0 Å². The molecule has 0 spiro atoms. The largest absolute Gasteiger partial charge is 0.417 e. The average molecular weight is 181 g/mol. The van der Waals surface area contributed by atoms with Crippen molar-refractivity contribution < 1.29 is 13.2 Å². The summed E-state index contributed by atoms with van der Waals surface area (Å²) < 4.78 is 36.9. The van der Waals surface area contributed by atoms with Crippen molar-refractivity contribution in [2.75, 3.05) is 0 Å². The quantitative estimate of drug-likeness (QED) is 0.571. The number of nitroso groups, excluding NO2 is 1. The Bertz CT molecular complexity index is 172. The predicted octanol–water partition coefficient (Wildman–Crippen LogP) is 3.02. The SMILES string of the molecule is O=NC1(C(F)(F)F)CCCCC1. The third kappa shape index (κ3) is 1.44. The second kappa shape index (κ2) is 3.03. The summed E-state index contributed by atoms with van der Waals surface area (Å²) in [6, 6.07) is 0. The van der Waals surface area contributed by atoms with E-state index in [1.54, 1.807) is 0 Å². The molecule has 0 aromatic carbocycles. The van der Waals surface area contributed by atoms with Gasteiger partial charge < -0.3 is 0 Å². The highest BCUT2D eigenvalue weighted by atomic mass is 19.4. The Balaban J connectivity index is 2.80. The first-order valence-corrected chi connectivity index (χ1v) is 3.93. The molecule has 12 heavy (non-hydrogen) atoms. The molecule has 0 saturated heterocycles. The van der Waals surface area contributed by atoms with Crippen LogP contribution >= 0.6 is 0 Å². The minimum absolute atomic E-state index is 0.139.